The van der Waals surface area contributed by atoms with E-state index in [-0.39, 0.29) is 17.2 Å². The molecule has 1 aliphatic rings. The lowest BCUT2D eigenvalue weighted by molar-refractivity contribution is -0.111. The number of hydrogen-bond donors (Lipinski definition) is 3. The Morgan fingerprint density at radius 1 is 1.03 bits per heavy atom. The number of Topliss-reactive ketones (excluding diaryl/α,β-unsaturated/α-hetero) is 1. The number of hydrogen-bond acceptors (Lipinski definition) is 6. The summed E-state index contributed by atoms with van der Waals surface area (Å²) in [5, 5.41) is 3.90. The van der Waals surface area contributed by atoms with Gasteiger partial charge in [-0.1, -0.05) is 6.07 Å². The van der Waals surface area contributed by atoms with E-state index in [4.69, 9.17) is 10.5 Å². The van der Waals surface area contributed by atoms with Crippen LogP contribution in [0.2, 0.25) is 0 Å². The molecule has 1 fully saturated rings. The molecule has 0 saturated carbocycles. The summed E-state index contributed by atoms with van der Waals surface area (Å²) in [6.45, 7) is 9.35. The van der Waals surface area contributed by atoms with Gasteiger partial charge >= 0.3 is 0 Å². The van der Waals surface area contributed by atoms with Crippen LogP contribution in [0.15, 0.2) is 46.9 Å². The van der Waals surface area contributed by atoms with Gasteiger partial charge in [0.25, 0.3) is 5.91 Å². The molecule has 4 N–H and O–H groups in total. The Balaban J connectivity index is 1.79. The third-order valence-corrected chi connectivity index (χ3v) is 6.27. The van der Waals surface area contributed by atoms with Crippen molar-refractivity contribution in [3.63, 3.8) is 0 Å². The zero-order valence-electron chi connectivity index (χ0n) is 20.5. The molecule has 0 unspecified atom stereocenters. The molecule has 8 nitrogen and oxygen atoms in total. The topological polar surface area (TPSA) is 118 Å². The first-order valence-corrected chi connectivity index (χ1v) is 11.6. The van der Waals surface area contributed by atoms with Crippen molar-refractivity contribution < 1.29 is 14.3 Å². The van der Waals surface area contributed by atoms with Gasteiger partial charge in [0.05, 0.1) is 18.8 Å². The second kappa shape index (κ2) is 9.76. The fourth-order valence-electron chi connectivity index (χ4n) is 4.57. The van der Waals surface area contributed by atoms with Crippen molar-refractivity contribution in [2.45, 2.75) is 27.7 Å². The van der Waals surface area contributed by atoms with Crippen LogP contribution in [-0.4, -0.2) is 43.0 Å². The SMILES string of the molecule is CC(=O)C(=C(C)N)c1ccc(N2CCOCC2)c(C(=O)Nc2cc3c(C)cc(=O)[nH]c3cc2C)c1. The summed E-state index contributed by atoms with van der Waals surface area (Å²) in [6, 6.07) is 10.7. The highest BCUT2D eigenvalue weighted by atomic mass is 16.5. The number of aromatic amines is 1. The first-order valence-electron chi connectivity index (χ1n) is 11.6. The van der Waals surface area contributed by atoms with Gasteiger partial charge in [0.15, 0.2) is 5.78 Å². The minimum atomic E-state index is -0.296. The number of carbonyl (C=O) groups excluding carboxylic acids is 2. The van der Waals surface area contributed by atoms with Crippen LogP contribution in [0, 0.1) is 13.8 Å². The highest BCUT2D eigenvalue weighted by molar-refractivity contribution is 6.21. The molecular formula is C27H30N4O4. The zero-order chi connectivity index (χ0) is 25.3. The molecule has 0 aliphatic carbocycles. The number of fused-ring (bicyclic) bond motifs is 1. The zero-order valence-corrected chi connectivity index (χ0v) is 20.5. The number of anilines is 2. The van der Waals surface area contributed by atoms with Crippen molar-refractivity contribution >= 4 is 39.5 Å². The Labute approximate surface area is 203 Å². The van der Waals surface area contributed by atoms with Gasteiger partial charge < -0.3 is 25.7 Å². The summed E-state index contributed by atoms with van der Waals surface area (Å²) >= 11 is 0. The Morgan fingerprint density at radius 3 is 2.40 bits per heavy atom. The number of rotatable bonds is 5. The van der Waals surface area contributed by atoms with Crippen LogP contribution in [0.5, 0.6) is 0 Å². The van der Waals surface area contributed by atoms with Crippen molar-refractivity contribution in [2.24, 2.45) is 5.73 Å². The molecular weight excluding hydrogens is 444 g/mol. The number of ether oxygens (including phenoxy) is 1. The Bertz CT molecular complexity index is 1410. The second-order valence-electron chi connectivity index (χ2n) is 8.93. The molecule has 8 heteroatoms. The molecule has 0 atom stereocenters. The van der Waals surface area contributed by atoms with E-state index in [0.29, 0.717) is 54.4 Å². The number of nitrogens with one attached hydrogen (secondary N) is 2. The number of benzene rings is 2. The smallest absolute Gasteiger partial charge is 0.257 e. The van der Waals surface area contributed by atoms with Gasteiger partial charge in [-0.25, -0.2) is 0 Å². The molecule has 2 aromatic carbocycles. The van der Waals surface area contributed by atoms with E-state index in [1.807, 2.05) is 38.1 Å². The van der Waals surface area contributed by atoms with Crippen LogP contribution in [-0.2, 0) is 9.53 Å². The summed E-state index contributed by atoms with van der Waals surface area (Å²) in [5.41, 5.74) is 11.5. The molecule has 0 radical (unpaired) electrons. The van der Waals surface area contributed by atoms with E-state index < -0.39 is 0 Å². The molecule has 1 amide bonds. The van der Waals surface area contributed by atoms with Crippen molar-refractivity contribution in [3.8, 4) is 0 Å². The highest BCUT2D eigenvalue weighted by Crippen LogP contribution is 2.30. The number of carbonyl (C=O) groups is 2. The largest absolute Gasteiger partial charge is 0.402 e. The maximum absolute atomic E-state index is 13.7. The van der Waals surface area contributed by atoms with E-state index in [0.717, 1.165) is 27.7 Å². The number of morpholine rings is 1. The average molecular weight is 475 g/mol. The number of nitrogens with two attached hydrogens (primary N) is 1. The van der Waals surface area contributed by atoms with Gasteiger partial charge in [0, 0.05) is 52.7 Å². The first-order chi connectivity index (χ1) is 16.7. The van der Waals surface area contributed by atoms with Gasteiger partial charge in [0.2, 0.25) is 5.56 Å². The van der Waals surface area contributed by atoms with Crippen molar-refractivity contribution in [2.75, 3.05) is 36.5 Å². The number of ketones is 1. The van der Waals surface area contributed by atoms with E-state index in [9.17, 15) is 14.4 Å². The monoisotopic (exact) mass is 474 g/mol. The molecule has 4 rings (SSSR count). The van der Waals surface area contributed by atoms with E-state index >= 15 is 0 Å². The number of pyridine rings is 1. The quantitative estimate of drug-likeness (QED) is 0.487. The van der Waals surface area contributed by atoms with E-state index in [1.165, 1.54) is 13.0 Å². The number of aryl methyl sites for hydroxylation is 2. The molecule has 1 aliphatic heterocycles. The summed E-state index contributed by atoms with van der Waals surface area (Å²) in [5.74, 6) is -0.458. The minimum absolute atomic E-state index is 0.162. The third kappa shape index (κ3) is 4.97. The second-order valence-corrected chi connectivity index (χ2v) is 8.93. The van der Waals surface area contributed by atoms with Gasteiger partial charge in [-0.3, -0.25) is 14.4 Å². The molecule has 182 valence electrons. The lowest BCUT2D eigenvalue weighted by atomic mass is 9.96. The third-order valence-electron chi connectivity index (χ3n) is 6.27. The lowest BCUT2D eigenvalue weighted by Gasteiger charge is -2.30. The number of nitrogens with zero attached hydrogens (tertiary/aromatic N) is 1. The molecule has 0 bridgehead atoms. The van der Waals surface area contributed by atoms with Crippen LogP contribution in [0.4, 0.5) is 11.4 Å². The number of H-pyrrole nitrogens is 1. The van der Waals surface area contributed by atoms with Crippen LogP contribution in [0.1, 0.15) is 40.9 Å². The minimum Gasteiger partial charge on any atom is -0.402 e. The van der Waals surface area contributed by atoms with Crippen molar-refractivity contribution in [1.29, 1.82) is 0 Å². The highest BCUT2D eigenvalue weighted by Gasteiger charge is 2.22. The van der Waals surface area contributed by atoms with E-state index in [1.54, 1.807) is 13.0 Å². The molecule has 1 aromatic heterocycles. The van der Waals surface area contributed by atoms with E-state index in [2.05, 4.69) is 15.2 Å². The molecule has 1 saturated heterocycles. The van der Waals surface area contributed by atoms with Crippen LogP contribution in [0.25, 0.3) is 16.5 Å². The summed E-state index contributed by atoms with van der Waals surface area (Å²) in [6.07, 6.45) is 0. The maximum Gasteiger partial charge on any atom is 0.257 e. The standard InChI is InChI=1S/C27H30N4O4/c1-15-12-25(33)29-23-11-16(2)22(14-20(15)23)30-27(34)21-13-19(26(17(3)28)18(4)32)5-6-24(21)31-7-9-35-10-8-31/h5-6,11-14H,7-10,28H2,1-4H3,(H,29,33)(H,30,34). The van der Waals surface area contributed by atoms with Gasteiger partial charge in [-0.15, -0.1) is 0 Å². The average Bonchev–Trinajstić information content (AvgIpc) is 2.80. The molecule has 0 spiro atoms. The number of amides is 1. The lowest BCUT2D eigenvalue weighted by Crippen LogP contribution is -2.37. The van der Waals surface area contributed by atoms with Crippen LogP contribution >= 0.6 is 0 Å². The Morgan fingerprint density at radius 2 is 1.74 bits per heavy atom. The maximum atomic E-state index is 13.7. The summed E-state index contributed by atoms with van der Waals surface area (Å²) in [4.78, 5) is 42.7. The normalized spacial score (nSPS) is 14.6. The Kier molecular flexibility index (Phi) is 6.75. The van der Waals surface area contributed by atoms with Crippen LogP contribution < -0.4 is 21.5 Å². The fourth-order valence-corrected chi connectivity index (χ4v) is 4.57. The summed E-state index contributed by atoms with van der Waals surface area (Å²) < 4.78 is 5.48. The van der Waals surface area contributed by atoms with Crippen molar-refractivity contribution in [3.05, 3.63) is 74.7 Å². The van der Waals surface area contributed by atoms with Crippen molar-refractivity contribution in [1.82, 2.24) is 4.98 Å². The molecule has 35 heavy (non-hydrogen) atoms. The number of allylic oxidation sites excluding steroid dienone is 2. The van der Waals surface area contributed by atoms with Crippen LogP contribution in [0.3, 0.4) is 0 Å². The van der Waals surface area contributed by atoms with Gasteiger partial charge in [-0.2, -0.15) is 0 Å². The molecule has 3 aromatic rings. The first kappa shape index (κ1) is 24.2. The Hall–Kier alpha value is -3.91. The summed E-state index contributed by atoms with van der Waals surface area (Å²) in [7, 11) is 0. The van der Waals surface area contributed by atoms with Gasteiger partial charge in [0.1, 0.15) is 0 Å². The fraction of sp³-hybridized carbons (Fsp3) is 0.296. The molecule has 2 heterocycles. The predicted molar refractivity (Wildman–Crippen MR) is 139 cm³/mol. The predicted octanol–water partition coefficient (Wildman–Crippen LogP) is 3.51. The number of aromatic nitrogens is 1. The van der Waals surface area contributed by atoms with Gasteiger partial charge in [-0.05, 0) is 68.7 Å².